The highest BCUT2D eigenvalue weighted by molar-refractivity contribution is 7.90. The molecule has 16 nitrogen and oxygen atoms in total. The van der Waals surface area contributed by atoms with Gasteiger partial charge in [-0.2, -0.15) is 4.99 Å². The highest BCUT2D eigenvalue weighted by atomic mass is 35.5. The van der Waals surface area contributed by atoms with Crippen molar-refractivity contribution in [3.8, 4) is 5.88 Å². The third-order valence-corrected chi connectivity index (χ3v) is 12.6. The molecule has 1 saturated heterocycles. The number of nitrogens with one attached hydrogen (secondary N) is 4. The van der Waals surface area contributed by atoms with Gasteiger partial charge in [0.2, 0.25) is 23.8 Å². The summed E-state index contributed by atoms with van der Waals surface area (Å²) >= 11 is 6.02. The first-order valence-corrected chi connectivity index (χ1v) is 21.3. The number of benzene rings is 1. The summed E-state index contributed by atoms with van der Waals surface area (Å²) in [5.41, 5.74) is -1.32. The largest absolute Gasteiger partial charge is 0.472 e. The van der Waals surface area contributed by atoms with Crippen LogP contribution in [0.25, 0.3) is 0 Å². The Labute approximate surface area is 336 Å². The van der Waals surface area contributed by atoms with Gasteiger partial charge in [0.15, 0.2) is 0 Å². The molecular formula is C39H48ClN7O9S. The third kappa shape index (κ3) is 10.1. The molecule has 2 saturated carbocycles. The van der Waals surface area contributed by atoms with E-state index >= 15 is 0 Å². The summed E-state index contributed by atoms with van der Waals surface area (Å²) < 4.78 is 41.5. The number of carbonyl (C=O) groups is 4. The predicted molar refractivity (Wildman–Crippen MR) is 208 cm³/mol. The van der Waals surface area contributed by atoms with Crippen LogP contribution in [-0.4, -0.2) is 97.2 Å². The Hall–Kier alpha value is -4.99. The molecule has 2 aliphatic heterocycles. The second-order valence-electron chi connectivity index (χ2n) is 14.9. The van der Waals surface area contributed by atoms with Crippen LogP contribution in [0.4, 0.5) is 10.5 Å². The molecular weight excluding hydrogens is 778 g/mol. The molecule has 4 amide bonds. The molecule has 0 radical (unpaired) electrons. The van der Waals surface area contributed by atoms with Gasteiger partial charge in [-0.05, 0) is 63.1 Å². The monoisotopic (exact) mass is 825 g/mol. The number of alkyl carbamates (subject to hydrolysis) is 1. The highest BCUT2D eigenvalue weighted by Crippen LogP contribution is 2.50. The van der Waals surface area contributed by atoms with E-state index in [-0.39, 0.29) is 48.4 Å². The first-order chi connectivity index (χ1) is 27.4. The van der Waals surface area contributed by atoms with E-state index in [2.05, 4.69) is 37.2 Å². The molecule has 2 aliphatic carbocycles. The minimum absolute atomic E-state index is 0.0678. The van der Waals surface area contributed by atoms with Crippen molar-refractivity contribution >= 4 is 57.2 Å². The highest BCUT2D eigenvalue weighted by Gasteiger charge is 2.62. The van der Waals surface area contributed by atoms with Crippen LogP contribution in [0.15, 0.2) is 65.1 Å². The molecule has 1 aromatic carbocycles. The molecule has 6 atom stereocenters. The maximum atomic E-state index is 14.6. The number of para-hydroxylation sites is 1. The zero-order chi connectivity index (χ0) is 40.6. The van der Waals surface area contributed by atoms with E-state index in [0.29, 0.717) is 24.4 Å². The van der Waals surface area contributed by atoms with Crippen LogP contribution in [0.1, 0.15) is 77.0 Å². The van der Waals surface area contributed by atoms with E-state index in [1.54, 1.807) is 24.3 Å². The average molecular weight is 826 g/mol. The molecule has 0 bridgehead atoms. The number of halogens is 1. The number of fused-ring (bicyclic) bond motifs is 2. The van der Waals surface area contributed by atoms with Crippen molar-refractivity contribution < 1.29 is 41.9 Å². The molecule has 3 fully saturated rings. The molecule has 2 aromatic rings. The van der Waals surface area contributed by atoms with Gasteiger partial charge in [-0.15, -0.1) is 6.58 Å². The Morgan fingerprint density at radius 3 is 2.47 bits per heavy atom. The molecule has 57 heavy (non-hydrogen) atoms. The Morgan fingerprint density at radius 2 is 1.75 bits per heavy atom. The van der Waals surface area contributed by atoms with Crippen molar-refractivity contribution in [2.45, 2.75) is 118 Å². The number of rotatable bonds is 7. The first-order valence-electron chi connectivity index (χ1n) is 19.4. The molecule has 1 unspecified atom stereocenters. The number of hydrogen-bond donors (Lipinski definition) is 4. The fraction of sp³-hybridized carbons (Fsp3) is 0.538. The number of isocyanates is 1. The summed E-state index contributed by atoms with van der Waals surface area (Å²) in [6.07, 6.45) is 9.82. The first kappa shape index (κ1) is 41.6. The summed E-state index contributed by atoms with van der Waals surface area (Å²) in [6.45, 7) is 4.11. The van der Waals surface area contributed by atoms with Crippen LogP contribution >= 0.6 is 11.6 Å². The van der Waals surface area contributed by atoms with Crippen LogP contribution in [-0.2, 0) is 33.9 Å². The van der Waals surface area contributed by atoms with Gasteiger partial charge in [-0.3, -0.25) is 14.4 Å². The SMILES string of the molecule is C=C[C@@H]1C[C@]1(N=C=O)C1NC(=O)[C@@H]2C[C@@H](Oc3ccc(Cl)cn3)CN2C(=O)[C@@H](NC(=O)OC2CCCC2)CCCCCCCNc2ccccc2S(=O)(=O)NC1=O. The number of sulfonamides is 1. The number of aromatic nitrogens is 1. The predicted octanol–water partition coefficient (Wildman–Crippen LogP) is 4.16. The number of anilines is 1. The summed E-state index contributed by atoms with van der Waals surface area (Å²) in [5.74, 6) is -2.96. The molecule has 6 rings (SSSR count). The maximum Gasteiger partial charge on any atom is 0.408 e. The molecule has 3 heterocycles. The van der Waals surface area contributed by atoms with E-state index in [9.17, 15) is 32.4 Å². The van der Waals surface area contributed by atoms with E-state index < -0.39 is 69.5 Å². The number of nitrogens with zero attached hydrogens (tertiary/aromatic N) is 3. The minimum atomic E-state index is -4.53. The van der Waals surface area contributed by atoms with Crippen LogP contribution in [0.2, 0.25) is 5.02 Å². The standard InChI is InChI=1S/C39H48ClN7O9S/c1-2-25-21-39(25,43-24-48)34-36(50)46-57(53,54)32-16-10-9-14-29(32)41-19-11-5-3-4-6-15-30(44-38(52)56-27-12-7-8-13-27)37(51)47-23-28(20-31(47)35(49)45-34)55-33-18-17-26(40)22-42-33/h2,9-10,14,16-18,22,25,27-28,30-31,34,41H,1,3-8,11-13,15,19-21,23H2,(H,44,52)(H,45,49)(H,46,50)/t25-,28-,30+,31+,34?,39-/m1/s1. The maximum absolute atomic E-state index is 14.6. The van der Waals surface area contributed by atoms with Crippen molar-refractivity contribution in [2.24, 2.45) is 10.9 Å². The van der Waals surface area contributed by atoms with Crippen LogP contribution in [0.3, 0.4) is 0 Å². The average Bonchev–Trinajstić information content (AvgIpc) is 3.44. The van der Waals surface area contributed by atoms with Gasteiger partial charge in [0, 0.05) is 31.1 Å². The van der Waals surface area contributed by atoms with E-state index in [1.807, 2.05) is 0 Å². The van der Waals surface area contributed by atoms with Crippen molar-refractivity contribution in [2.75, 3.05) is 18.4 Å². The Balaban J connectivity index is 1.34. The topological polar surface area (TPSA) is 215 Å². The van der Waals surface area contributed by atoms with Gasteiger partial charge in [-0.1, -0.05) is 55.5 Å². The van der Waals surface area contributed by atoms with Crippen LogP contribution in [0.5, 0.6) is 5.88 Å². The molecule has 4 N–H and O–H groups in total. The summed E-state index contributed by atoms with van der Waals surface area (Å²) in [5, 5.41) is 8.93. The van der Waals surface area contributed by atoms with E-state index in [0.717, 1.165) is 44.9 Å². The van der Waals surface area contributed by atoms with Gasteiger partial charge in [0.1, 0.15) is 40.8 Å². The smallest absolute Gasteiger partial charge is 0.408 e. The van der Waals surface area contributed by atoms with Crippen molar-refractivity contribution in [1.82, 2.24) is 25.2 Å². The fourth-order valence-corrected chi connectivity index (χ4v) is 9.23. The van der Waals surface area contributed by atoms with Crippen molar-refractivity contribution in [1.29, 1.82) is 0 Å². The fourth-order valence-electron chi connectivity index (χ4n) is 7.94. The quantitative estimate of drug-likeness (QED) is 0.177. The lowest BCUT2D eigenvalue weighted by molar-refractivity contribution is -0.141. The number of pyridine rings is 1. The third-order valence-electron chi connectivity index (χ3n) is 11.0. The zero-order valence-electron chi connectivity index (χ0n) is 31.5. The lowest BCUT2D eigenvalue weighted by Gasteiger charge is -2.31. The van der Waals surface area contributed by atoms with Gasteiger partial charge in [0.05, 0.1) is 17.3 Å². The Bertz CT molecular complexity index is 1970. The number of amides is 4. The lowest BCUT2D eigenvalue weighted by Crippen LogP contribution is -2.60. The van der Waals surface area contributed by atoms with Crippen LogP contribution in [0, 0.1) is 5.92 Å². The number of ether oxygens (including phenoxy) is 2. The van der Waals surface area contributed by atoms with Crippen molar-refractivity contribution in [3.05, 3.63) is 60.3 Å². The minimum Gasteiger partial charge on any atom is -0.472 e. The number of aliphatic imine (C=N–C) groups is 1. The van der Waals surface area contributed by atoms with Gasteiger partial charge < -0.3 is 30.3 Å². The van der Waals surface area contributed by atoms with Crippen LogP contribution < -0.4 is 25.4 Å². The normalized spacial score (nSPS) is 28.5. The summed E-state index contributed by atoms with van der Waals surface area (Å²) in [4.78, 5) is 77.3. The van der Waals surface area contributed by atoms with Crippen molar-refractivity contribution in [3.63, 3.8) is 0 Å². The molecule has 306 valence electrons. The number of hydrogen-bond acceptors (Lipinski definition) is 12. The Morgan fingerprint density at radius 1 is 1.02 bits per heavy atom. The number of carbonyl (C=O) groups excluding carboxylic acids is 5. The molecule has 1 aromatic heterocycles. The summed E-state index contributed by atoms with van der Waals surface area (Å²) in [7, 11) is -4.53. The zero-order valence-corrected chi connectivity index (χ0v) is 33.1. The van der Waals surface area contributed by atoms with E-state index in [4.69, 9.17) is 21.1 Å². The molecule has 4 aliphatic rings. The summed E-state index contributed by atoms with van der Waals surface area (Å²) in [6, 6.07) is 5.21. The lowest BCUT2D eigenvalue weighted by atomic mass is 10.0. The van der Waals surface area contributed by atoms with Gasteiger partial charge in [0.25, 0.3) is 15.9 Å². The van der Waals surface area contributed by atoms with Gasteiger partial charge >= 0.3 is 6.09 Å². The Kier molecular flexibility index (Phi) is 13.5. The second kappa shape index (κ2) is 18.5. The molecule has 18 heteroatoms. The van der Waals surface area contributed by atoms with Gasteiger partial charge in [-0.25, -0.2) is 27.7 Å². The second-order valence-corrected chi connectivity index (χ2v) is 17.0. The van der Waals surface area contributed by atoms with E-state index in [1.165, 1.54) is 35.4 Å². The molecule has 0 spiro atoms.